The second-order valence-corrected chi connectivity index (χ2v) is 4.32. The summed E-state index contributed by atoms with van der Waals surface area (Å²) in [6.45, 7) is 6.88. The minimum absolute atomic E-state index is 0.398. The molecule has 1 saturated heterocycles. The molecule has 86 valence electrons. The summed E-state index contributed by atoms with van der Waals surface area (Å²) in [6, 6.07) is 0. The normalized spacial score (nSPS) is 33.9. The summed E-state index contributed by atoms with van der Waals surface area (Å²) >= 11 is 0. The zero-order chi connectivity index (χ0) is 11.9. The average Bonchev–Trinajstić information content (AvgIpc) is 2.32. The van der Waals surface area contributed by atoms with Crippen LogP contribution in [0.5, 0.6) is 0 Å². The molecule has 1 fully saturated rings. The van der Waals surface area contributed by atoms with Crippen molar-refractivity contribution in [2.75, 3.05) is 7.11 Å². The molecule has 0 aliphatic carbocycles. The molecule has 0 saturated carbocycles. The summed E-state index contributed by atoms with van der Waals surface area (Å²) in [5, 5.41) is 0. The van der Waals surface area contributed by atoms with Crippen LogP contribution in [0.15, 0.2) is 0 Å². The van der Waals surface area contributed by atoms with Crippen molar-refractivity contribution in [1.82, 2.24) is 4.90 Å². The van der Waals surface area contributed by atoms with E-state index in [1.807, 2.05) is 0 Å². The lowest BCUT2D eigenvalue weighted by molar-refractivity contribution is -0.158. The van der Waals surface area contributed by atoms with Crippen molar-refractivity contribution in [2.45, 2.75) is 45.1 Å². The van der Waals surface area contributed by atoms with Gasteiger partial charge in [0.15, 0.2) is 5.54 Å². The maximum atomic E-state index is 11.7. The van der Waals surface area contributed by atoms with E-state index in [9.17, 15) is 9.59 Å². The first-order chi connectivity index (χ1) is 6.80. The van der Waals surface area contributed by atoms with E-state index in [0.29, 0.717) is 6.41 Å². The number of hydrogen-bond donors (Lipinski definition) is 0. The molecule has 0 N–H and O–H groups in total. The van der Waals surface area contributed by atoms with E-state index >= 15 is 0 Å². The molecule has 5 nitrogen and oxygen atoms in total. The van der Waals surface area contributed by atoms with Crippen LogP contribution in [-0.2, 0) is 19.1 Å². The number of nitrogens with zero attached hydrogens (tertiary/aromatic N) is 1. The van der Waals surface area contributed by atoms with Crippen molar-refractivity contribution in [1.29, 1.82) is 0 Å². The predicted octanol–water partition coefficient (Wildman–Crippen LogP) is 0.531. The van der Waals surface area contributed by atoms with Gasteiger partial charge < -0.3 is 9.47 Å². The van der Waals surface area contributed by atoms with Crippen molar-refractivity contribution in [3.63, 3.8) is 0 Å². The minimum atomic E-state index is -1.06. The van der Waals surface area contributed by atoms with E-state index < -0.39 is 23.3 Å². The molecule has 1 aliphatic heterocycles. The monoisotopic (exact) mass is 215 g/mol. The highest BCUT2D eigenvalue weighted by atomic mass is 16.6. The molecule has 5 heteroatoms. The maximum absolute atomic E-state index is 11.7. The lowest BCUT2D eigenvalue weighted by Crippen LogP contribution is -2.57. The summed E-state index contributed by atoms with van der Waals surface area (Å²) in [5.41, 5.74) is -1.84. The van der Waals surface area contributed by atoms with Crippen LogP contribution >= 0.6 is 0 Å². The Morgan fingerprint density at radius 1 is 1.47 bits per heavy atom. The highest BCUT2D eigenvalue weighted by molar-refractivity contribution is 5.84. The van der Waals surface area contributed by atoms with Gasteiger partial charge in [-0.2, -0.15) is 0 Å². The minimum Gasteiger partial charge on any atom is -0.467 e. The molecule has 0 aromatic heterocycles. The van der Waals surface area contributed by atoms with Crippen LogP contribution in [0, 0.1) is 0 Å². The third kappa shape index (κ3) is 1.51. The first-order valence-corrected chi connectivity index (χ1v) is 4.81. The van der Waals surface area contributed by atoms with Crippen LogP contribution in [0.25, 0.3) is 0 Å². The van der Waals surface area contributed by atoms with Gasteiger partial charge >= 0.3 is 5.97 Å². The Morgan fingerprint density at radius 2 is 2.00 bits per heavy atom. The van der Waals surface area contributed by atoms with Gasteiger partial charge in [0.2, 0.25) is 6.41 Å². The lowest BCUT2D eigenvalue weighted by atomic mass is 9.95. The molecule has 1 amide bonds. The summed E-state index contributed by atoms with van der Waals surface area (Å²) in [7, 11) is 1.30. The highest BCUT2D eigenvalue weighted by Gasteiger charge is 2.58. The van der Waals surface area contributed by atoms with Gasteiger partial charge in [-0.05, 0) is 27.7 Å². The molecule has 0 bridgehead atoms. The molecule has 1 rings (SSSR count). The number of esters is 1. The zero-order valence-corrected chi connectivity index (χ0v) is 9.73. The van der Waals surface area contributed by atoms with Crippen molar-refractivity contribution in [3.8, 4) is 0 Å². The van der Waals surface area contributed by atoms with Gasteiger partial charge in [-0.25, -0.2) is 4.79 Å². The van der Waals surface area contributed by atoms with Crippen LogP contribution in [-0.4, -0.2) is 41.8 Å². The van der Waals surface area contributed by atoms with Crippen LogP contribution in [0.3, 0.4) is 0 Å². The topological polar surface area (TPSA) is 55.8 Å². The number of amides is 1. The van der Waals surface area contributed by atoms with Crippen molar-refractivity contribution in [2.24, 2.45) is 0 Å². The fraction of sp³-hybridized carbons (Fsp3) is 0.800. The van der Waals surface area contributed by atoms with Gasteiger partial charge in [0.25, 0.3) is 0 Å². The molecular formula is C10H17NO4. The van der Waals surface area contributed by atoms with Crippen LogP contribution in [0.1, 0.15) is 27.7 Å². The fourth-order valence-electron chi connectivity index (χ4n) is 2.07. The number of ether oxygens (including phenoxy) is 2. The molecule has 15 heavy (non-hydrogen) atoms. The summed E-state index contributed by atoms with van der Waals surface area (Å²) in [6.07, 6.45) is 0.227. The van der Waals surface area contributed by atoms with Crippen molar-refractivity contribution < 1.29 is 19.1 Å². The quantitative estimate of drug-likeness (QED) is 0.498. The van der Waals surface area contributed by atoms with Gasteiger partial charge in [0, 0.05) is 0 Å². The largest absolute Gasteiger partial charge is 0.467 e. The highest BCUT2D eigenvalue weighted by Crippen LogP contribution is 2.38. The van der Waals surface area contributed by atoms with Gasteiger partial charge in [-0.3, -0.25) is 9.69 Å². The second kappa shape index (κ2) is 3.48. The molecule has 1 heterocycles. The molecule has 0 spiro atoms. The lowest BCUT2D eigenvalue weighted by Gasteiger charge is -2.35. The Bertz CT molecular complexity index is 289. The SMILES string of the molecule is COC(=O)C1(C)C(C)OC(C)(C)N1C=O. The van der Waals surface area contributed by atoms with Crippen LogP contribution in [0.2, 0.25) is 0 Å². The zero-order valence-electron chi connectivity index (χ0n) is 9.73. The van der Waals surface area contributed by atoms with Crippen molar-refractivity contribution >= 4 is 12.4 Å². The van der Waals surface area contributed by atoms with Gasteiger partial charge in [-0.15, -0.1) is 0 Å². The van der Waals surface area contributed by atoms with E-state index in [-0.39, 0.29) is 0 Å². The Morgan fingerprint density at radius 3 is 2.40 bits per heavy atom. The number of rotatable bonds is 2. The van der Waals surface area contributed by atoms with E-state index in [1.165, 1.54) is 12.0 Å². The van der Waals surface area contributed by atoms with Gasteiger partial charge in [-0.1, -0.05) is 0 Å². The second-order valence-electron chi connectivity index (χ2n) is 4.32. The Labute approximate surface area is 89.3 Å². The molecular weight excluding hydrogens is 198 g/mol. The number of methoxy groups -OCH3 is 1. The van der Waals surface area contributed by atoms with E-state index in [0.717, 1.165) is 0 Å². The van der Waals surface area contributed by atoms with E-state index in [2.05, 4.69) is 0 Å². The van der Waals surface area contributed by atoms with Crippen molar-refractivity contribution in [3.05, 3.63) is 0 Å². The molecule has 1 aliphatic rings. The first-order valence-electron chi connectivity index (χ1n) is 4.81. The molecule has 2 atom stereocenters. The van der Waals surface area contributed by atoms with Crippen LogP contribution in [0.4, 0.5) is 0 Å². The first kappa shape index (κ1) is 12.0. The third-order valence-electron chi connectivity index (χ3n) is 3.04. The average molecular weight is 215 g/mol. The molecule has 0 aromatic rings. The summed E-state index contributed by atoms with van der Waals surface area (Å²) < 4.78 is 10.3. The van der Waals surface area contributed by atoms with E-state index in [1.54, 1.807) is 27.7 Å². The fourth-order valence-corrected chi connectivity index (χ4v) is 2.07. The standard InChI is InChI=1S/C10H17NO4/c1-7-10(4,8(13)14-5)11(6-12)9(2,3)15-7/h6-7H,1-5H3. The Kier molecular flexibility index (Phi) is 2.78. The number of carbonyl (C=O) groups excluding carboxylic acids is 2. The van der Waals surface area contributed by atoms with Crippen LogP contribution < -0.4 is 0 Å². The third-order valence-corrected chi connectivity index (χ3v) is 3.04. The smallest absolute Gasteiger partial charge is 0.334 e. The maximum Gasteiger partial charge on any atom is 0.334 e. The Hall–Kier alpha value is -1.10. The number of hydrogen-bond acceptors (Lipinski definition) is 4. The predicted molar refractivity (Wildman–Crippen MR) is 53.0 cm³/mol. The van der Waals surface area contributed by atoms with Gasteiger partial charge in [0.1, 0.15) is 5.72 Å². The molecule has 0 radical (unpaired) electrons. The van der Waals surface area contributed by atoms with E-state index in [4.69, 9.17) is 9.47 Å². The molecule has 0 aromatic carbocycles. The number of carbonyl (C=O) groups is 2. The van der Waals surface area contributed by atoms with Gasteiger partial charge in [0.05, 0.1) is 13.2 Å². The Balaban J connectivity index is 3.16. The summed E-state index contributed by atoms with van der Waals surface area (Å²) in [5.74, 6) is -0.465. The molecule has 2 unspecified atom stereocenters. The summed E-state index contributed by atoms with van der Waals surface area (Å²) in [4.78, 5) is 24.1.